The largest absolute Gasteiger partial charge is 0.416 e. The Labute approximate surface area is 160 Å². The van der Waals surface area contributed by atoms with Gasteiger partial charge >= 0.3 is 6.18 Å². The van der Waals surface area contributed by atoms with Crippen LogP contribution in [0.15, 0.2) is 65.7 Å². The number of hydrogen-bond acceptors (Lipinski definition) is 3. The van der Waals surface area contributed by atoms with Crippen molar-refractivity contribution in [2.75, 3.05) is 0 Å². The molecule has 3 aromatic rings. The average molecular weight is 409 g/mol. The molecule has 0 radical (unpaired) electrons. The summed E-state index contributed by atoms with van der Waals surface area (Å²) in [6, 6.07) is 12.1. The number of sulfonamides is 1. The molecule has 0 saturated carbocycles. The van der Waals surface area contributed by atoms with Gasteiger partial charge in [-0.2, -0.15) is 18.3 Å². The van der Waals surface area contributed by atoms with E-state index in [1.54, 1.807) is 32.0 Å². The molecule has 1 heterocycles. The van der Waals surface area contributed by atoms with Gasteiger partial charge in [0.1, 0.15) is 0 Å². The van der Waals surface area contributed by atoms with Crippen LogP contribution >= 0.6 is 0 Å². The molecule has 0 spiro atoms. The third-order valence-electron chi connectivity index (χ3n) is 4.32. The third-order valence-corrected chi connectivity index (χ3v) is 5.87. The summed E-state index contributed by atoms with van der Waals surface area (Å²) in [5, 5.41) is 4.15. The highest BCUT2D eigenvalue weighted by Gasteiger charge is 2.31. The molecular formula is C19H18F3N3O2S. The van der Waals surface area contributed by atoms with E-state index >= 15 is 0 Å². The maximum Gasteiger partial charge on any atom is 0.416 e. The molecule has 0 saturated heterocycles. The summed E-state index contributed by atoms with van der Waals surface area (Å²) in [4.78, 5) is 0.129. The number of rotatable bonds is 5. The Kier molecular flexibility index (Phi) is 5.31. The summed E-state index contributed by atoms with van der Waals surface area (Å²) in [5.41, 5.74) is 0.579. The van der Waals surface area contributed by atoms with E-state index in [1.165, 1.54) is 35.1 Å². The number of aromatic nitrogens is 2. The van der Waals surface area contributed by atoms with E-state index in [-0.39, 0.29) is 10.6 Å². The zero-order chi connectivity index (χ0) is 20.5. The number of hydrogen-bond donors (Lipinski definition) is 1. The summed E-state index contributed by atoms with van der Waals surface area (Å²) in [6.45, 7) is 3.33. The van der Waals surface area contributed by atoms with E-state index in [2.05, 4.69) is 9.82 Å². The van der Waals surface area contributed by atoms with Crippen LogP contribution in [0.4, 0.5) is 13.2 Å². The van der Waals surface area contributed by atoms with Crippen molar-refractivity contribution in [1.29, 1.82) is 0 Å². The molecule has 3 rings (SSSR count). The van der Waals surface area contributed by atoms with Gasteiger partial charge in [-0.05, 0) is 44.2 Å². The first-order valence-electron chi connectivity index (χ1n) is 8.39. The lowest BCUT2D eigenvalue weighted by molar-refractivity contribution is -0.137. The van der Waals surface area contributed by atoms with Gasteiger partial charge in [0.15, 0.2) is 0 Å². The predicted octanol–water partition coefficient (Wildman–Crippen LogP) is 4.24. The molecule has 2 aromatic carbocycles. The molecule has 0 unspecified atom stereocenters. The fourth-order valence-corrected chi connectivity index (χ4v) is 4.13. The van der Waals surface area contributed by atoms with E-state index in [0.29, 0.717) is 11.3 Å². The van der Waals surface area contributed by atoms with E-state index in [9.17, 15) is 21.6 Å². The Bertz CT molecular complexity index is 1080. The van der Waals surface area contributed by atoms with Crippen LogP contribution in [-0.2, 0) is 16.2 Å². The van der Waals surface area contributed by atoms with Gasteiger partial charge in [0.2, 0.25) is 10.0 Å². The van der Waals surface area contributed by atoms with Gasteiger partial charge in [0.25, 0.3) is 0 Å². The summed E-state index contributed by atoms with van der Waals surface area (Å²) >= 11 is 0. The van der Waals surface area contributed by atoms with E-state index < -0.39 is 27.8 Å². The van der Waals surface area contributed by atoms with Crippen LogP contribution in [0.5, 0.6) is 0 Å². The molecular weight excluding hydrogens is 391 g/mol. The van der Waals surface area contributed by atoms with Crippen LogP contribution in [-0.4, -0.2) is 18.2 Å². The molecule has 1 aromatic heterocycles. The Morgan fingerprint density at radius 1 is 1.07 bits per heavy atom. The van der Waals surface area contributed by atoms with Gasteiger partial charge in [0.05, 0.1) is 22.3 Å². The maximum atomic E-state index is 13.0. The van der Waals surface area contributed by atoms with E-state index in [0.717, 1.165) is 12.1 Å². The third kappa shape index (κ3) is 4.10. The SMILES string of the molecule is Cc1c([C@H](C)NS(=O)(=O)c2ccccc2)cnn1-c1cccc(C(F)(F)F)c1. The highest BCUT2D eigenvalue weighted by atomic mass is 32.2. The van der Waals surface area contributed by atoms with Gasteiger partial charge < -0.3 is 0 Å². The Hall–Kier alpha value is -2.65. The molecule has 5 nitrogen and oxygen atoms in total. The summed E-state index contributed by atoms with van der Waals surface area (Å²) in [6.07, 6.45) is -3.01. The molecule has 0 bridgehead atoms. The first-order chi connectivity index (χ1) is 13.1. The first kappa shape index (κ1) is 20.1. The molecule has 0 aliphatic rings. The molecule has 0 amide bonds. The number of benzene rings is 2. The van der Waals surface area contributed by atoms with Gasteiger partial charge in [-0.1, -0.05) is 24.3 Å². The minimum atomic E-state index is -4.46. The van der Waals surface area contributed by atoms with Crippen LogP contribution in [0, 0.1) is 6.92 Å². The Morgan fingerprint density at radius 3 is 2.39 bits per heavy atom. The van der Waals surface area contributed by atoms with Crippen LogP contribution < -0.4 is 4.72 Å². The lowest BCUT2D eigenvalue weighted by Gasteiger charge is -2.15. The van der Waals surface area contributed by atoms with Crippen molar-refractivity contribution in [3.63, 3.8) is 0 Å². The van der Waals surface area contributed by atoms with Gasteiger partial charge in [-0.3, -0.25) is 0 Å². The van der Waals surface area contributed by atoms with Gasteiger partial charge in [-0.15, -0.1) is 0 Å². The second kappa shape index (κ2) is 7.40. The summed E-state index contributed by atoms with van der Waals surface area (Å²) in [7, 11) is -3.74. The van der Waals surface area contributed by atoms with Crippen molar-refractivity contribution in [3.8, 4) is 5.69 Å². The molecule has 0 fully saturated rings. The van der Waals surface area contributed by atoms with Gasteiger partial charge in [-0.25, -0.2) is 17.8 Å². The highest BCUT2D eigenvalue weighted by molar-refractivity contribution is 7.89. The number of alkyl halides is 3. The number of nitrogens with one attached hydrogen (secondary N) is 1. The fraction of sp³-hybridized carbons (Fsp3) is 0.211. The molecule has 0 aliphatic carbocycles. The summed E-state index contributed by atoms with van der Waals surface area (Å²) < 4.78 is 67.8. The van der Waals surface area contributed by atoms with E-state index in [1.807, 2.05) is 0 Å². The number of halogens is 3. The lowest BCUT2D eigenvalue weighted by atomic mass is 10.1. The normalized spacial score (nSPS) is 13.5. The Morgan fingerprint density at radius 2 is 1.75 bits per heavy atom. The summed E-state index contributed by atoms with van der Waals surface area (Å²) in [5.74, 6) is 0. The fourth-order valence-electron chi connectivity index (χ4n) is 2.89. The topological polar surface area (TPSA) is 64.0 Å². The second-order valence-electron chi connectivity index (χ2n) is 6.30. The van der Waals surface area contributed by atoms with E-state index in [4.69, 9.17) is 0 Å². The Balaban J connectivity index is 1.89. The first-order valence-corrected chi connectivity index (χ1v) is 9.87. The second-order valence-corrected chi connectivity index (χ2v) is 8.02. The molecule has 28 heavy (non-hydrogen) atoms. The lowest BCUT2D eigenvalue weighted by Crippen LogP contribution is -2.27. The molecule has 0 aliphatic heterocycles. The van der Waals surface area contributed by atoms with Crippen molar-refractivity contribution in [2.24, 2.45) is 0 Å². The maximum absolute atomic E-state index is 13.0. The highest BCUT2D eigenvalue weighted by Crippen LogP contribution is 2.31. The van der Waals surface area contributed by atoms with Gasteiger partial charge in [0, 0.05) is 17.3 Å². The van der Waals surface area contributed by atoms with Crippen molar-refractivity contribution in [2.45, 2.75) is 31.0 Å². The van der Waals surface area contributed by atoms with Crippen LogP contribution in [0.1, 0.15) is 29.8 Å². The zero-order valence-electron chi connectivity index (χ0n) is 15.1. The van der Waals surface area contributed by atoms with Crippen molar-refractivity contribution >= 4 is 10.0 Å². The molecule has 1 N–H and O–H groups in total. The smallest absolute Gasteiger partial charge is 0.238 e. The zero-order valence-corrected chi connectivity index (χ0v) is 15.9. The average Bonchev–Trinajstić information content (AvgIpc) is 3.03. The minimum Gasteiger partial charge on any atom is -0.238 e. The minimum absolute atomic E-state index is 0.129. The standard InChI is InChI=1S/C19H18F3N3O2S/c1-13(24-28(26,27)17-9-4-3-5-10-17)18-12-23-25(14(18)2)16-8-6-7-15(11-16)19(20,21)22/h3-13,24H,1-2H3/t13-/m0/s1. The van der Waals surface area contributed by atoms with Crippen LogP contribution in [0.3, 0.4) is 0 Å². The van der Waals surface area contributed by atoms with Crippen molar-refractivity contribution in [3.05, 3.63) is 77.6 Å². The monoisotopic (exact) mass is 409 g/mol. The van der Waals surface area contributed by atoms with Crippen molar-refractivity contribution < 1.29 is 21.6 Å². The predicted molar refractivity (Wildman–Crippen MR) is 98.5 cm³/mol. The quantitative estimate of drug-likeness (QED) is 0.686. The molecule has 1 atom stereocenters. The molecule has 9 heteroatoms. The van der Waals surface area contributed by atoms with Crippen LogP contribution in [0.2, 0.25) is 0 Å². The molecule has 148 valence electrons. The van der Waals surface area contributed by atoms with Crippen LogP contribution in [0.25, 0.3) is 5.69 Å². The van der Waals surface area contributed by atoms with Crippen molar-refractivity contribution in [1.82, 2.24) is 14.5 Å². The number of nitrogens with zero attached hydrogens (tertiary/aromatic N) is 2.